The quantitative estimate of drug-likeness (QED) is 0.763. The number of carbonyl (C=O) groups excluding carboxylic acids is 1. The molecule has 2 rings (SSSR count). The van der Waals surface area contributed by atoms with Gasteiger partial charge in [0.05, 0.1) is 0 Å². The molecule has 0 heterocycles. The van der Waals surface area contributed by atoms with E-state index in [-0.39, 0.29) is 5.97 Å². The minimum Gasteiger partial charge on any atom is -0.461 e. The third-order valence-electron chi connectivity index (χ3n) is 2.69. The van der Waals surface area contributed by atoms with E-state index < -0.39 is 0 Å². The number of rotatable bonds is 3. The molecule has 0 unspecified atom stereocenters. The van der Waals surface area contributed by atoms with E-state index in [1.165, 1.54) is 17.7 Å². The van der Waals surface area contributed by atoms with E-state index in [0.29, 0.717) is 6.61 Å². The summed E-state index contributed by atoms with van der Waals surface area (Å²) in [5.41, 5.74) is 2.15. The minimum atomic E-state index is -0.249. The van der Waals surface area contributed by atoms with Crippen LogP contribution in [-0.2, 0) is 9.53 Å². The summed E-state index contributed by atoms with van der Waals surface area (Å²) in [5, 5.41) is 2.44. The predicted octanol–water partition coefficient (Wildman–Crippen LogP) is 3.81. The first-order valence-electron chi connectivity index (χ1n) is 5.94. The molecule has 0 aliphatic heterocycles. The zero-order valence-corrected chi connectivity index (χ0v) is 10.6. The van der Waals surface area contributed by atoms with Crippen LogP contribution in [0.25, 0.3) is 16.8 Å². The molecule has 2 nitrogen and oxygen atoms in total. The van der Waals surface area contributed by atoms with Crippen molar-refractivity contribution in [3.05, 3.63) is 53.6 Å². The van der Waals surface area contributed by atoms with Crippen molar-refractivity contribution < 1.29 is 9.53 Å². The Morgan fingerprint density at radius 2 is 1.83 bits per heavy atom. The smallest absolute Gasteiger partial charge is 0.302 e. The van der Waals surface area contributed by atoms with Crippen LogP contribution in [0.5, 0.6) is 0 Å². The maximum absolute atomic E-state index is 10.7. The van der Waals surface area contributed by atoms with Gasteiger partial charge in [-0.15, -0.1) is 0 Å². The van der Waals surface area contributed by atoms with Gasteiger partial charge in [0.15, 0.2) is 0 Å². The molecule has 0 saturated carbocycles. The second-order valence-electron chi connectivity index (χ2n) is 4.38. The number of esters is 1. The lowest BCUT2D eigenvalue weighted by molar-refractivity contribution is -0.139. The van der Waals surface area contributed by atoms with E-state index >= 15 is 0 Å². The molecule has 0 amide bonds. The molecule has 0 spiro atoms. The van der Waals surface area contributed by atoms with Crippen molar-refractivity contribution in [1.29, 1.82) is 0 Å². The van der Waals surface area contributed by atoms with E-state index in [4.69, 9.17) is 4.74 Å². The van der Waals surface area contributed by atoms with E-state index in [9.17, 15) is 4.79 Å². The third-order valence-corrected chi connectivity index (χ3v) is 2.69. The highest BCUT2D eigenvalue weighted by Gasteiger charge is 1.97. The first-order valence-corrected chi connectivity index (χ1v) is 5.94. The van der Waals surface area contributed by atoms with Gasteiger partial charge in [-0.1, -0.05) is 42.5 Å². The van der Waals surface area contributed by atoms with Crippen LogP contribution >= 0.6 is 0 Å². The van der Waals surface area contributed by atoms with Gasteiger partial charge in [-0.3, -0.25) is 4.79 Å². The van der Waals surface area contributed by atoms with Crippen LogP contribution in [0.15, 0.2) is 48.0 Å². The first-order chi connectivity index (χ1) is 8.65. The van der Waals surface area contributed by atoms with E-state index in [1.807, 2.05) is 25.1 Å². The molecular weight excluding hydrogens is 224 g/mol. The van der Waals surface area contributed by atoms with Gasteiger partial charge in [-0.25, -0.2) is 0 Å². The molecule has 0 fully saturated rings. The van der Waals surface area contributed by atoms with Crippen molar-refractivity contribution >= 4 is 22.8 Å². The summed E-state index contributed by atoms with van der Waals surface area (Å²) in [7, 11) is 0. The Labute approximate surface area is 107 Å². The number of hydrogen-bond donors (Lipinski definition) is 0. The molecule has 0 atom stereocenters. The molecule has 92 valence electrons. The Bertz CT molecular complexity index is 597. The average molecular weight is 240 g/mol. The Balaban J connectivity index is 2.20. The Hall–Kier alpha value is -2.09. The molecule has 2 aromatic carbocycles. The highest BCUT2D eigenvalue weighted by atomic mass is 16.5. The molecule has 0 aliphatic rings. The molecule has 0 aromatic heterocycles. The van der Waals surface area contributed by atoms with Gasteiger partial charge in [-0.2, -0.15) is 0 Å². The SMILES string of the molecule is CC(=O)OCC(C)=Cc1ccc2ccccc2c1. The van der Waals surface area contributed by atoms with Gasteiger partial charge >= 0.3 is 5.97 Å². The summed E-state index contributed by atoms with van der Waals surface area (Å²) in [5.74, 6) is -0.249. The summed E-state index contributed by atoms with van der Waals surface area (Å²) in [4.78, 5) is 10.7. The molecule has 0 bridgehead atoms. The number of hydrogen-bond acceptors (Lipinski definition) is 2. The Morgan fingerprint density at radius 1 is 1.11 bits per heavy atom. The standard InChI is InChI=1S/C16H16O2/c1-12(11-18-13(2)17)9-14-7-8-15-5-3-4-6-16(15)10-14/h3-10H,11H2,1-2H3. The highest BCUT2D eigenvalue weighted by Crippen LogP contribution is 2.17. The fraction of sp³-hybridized carbons (Fsp3) is 0.188. The normalized spacial score (nSPS) is 11.6. The molecule has 2 heteroatoms. The fourth-order valence-corrected chi connectivity index (χ4v) is 1.84. The molecule has 18 heavy (non-hydrogen) atoms. The fourth-order valence-electron chi connectivity index (χ4n) is 1.84. The summed E-state index contributed by atoms with van der Waals surface area (Å²) in [6.07, 6.45) is 2.04. The molecule has 2 aromatic rings. The van der Waals surface area contributed by atoms with Gasteiger partial charge in [0, 0.05) is 6.92 Å². The van der Waals surface area contributed by atoms with Crippen molar-refractivity contribution in [2.24, 2.45) is 0 Å². The van der Waals surface area contributed by atoms with Crippen molar-refractivity contribution in [2.45, 2.75) is 13.8 Å². The van der Waals surface area contributed by atoms with Crippen molar-refractivity contribution in [1.82, 2.24) is 0 Å². The first kappa shape index (κ1) is 12.4. The number of fused-ring (bicyclic) bond motifs is 1. The van der Waals surface area contributed by atoms with E-state index in [2.05, 4.69) is 30.3 Å². The maximum atomic E-state index is 10.7. The second kappa shape index (κ2) is 5.50. The largest absolute Gasteiger partial charge is 0.461 e. The van der Waals surface area contributed by atoms with Crippen LogP contribution in [-0.4, -0.2) is 12.6 Å². The van der Waals surface area contributed by atoms with Crippen LogP contribution in [0.1, 0.15) is 19.4 Å². The van der Waals surface area contributed by atoms with Crippen LogP contribution < -0.4 is 0 Å². The van der Waals surface area contributed by atoms with E-state index in [1.54, 1.807) is 0 Å². The molecule has 0 saturated heterocycles. The zero-order chi connectivity index (χ0) is 13.0. The van der Waals surface area contributed by atoms with Crippen LogP contribution in [0.3, 0.4) is 0 Å². The van der Waals surface area contributed by atoms with Crippen LogP contribution in [0.4, 0.5) is 0 Å². The van der Waals surface area contributed by atoms with Crippen molar-refractivity contribution in [3.8, 4) is 0 Å². The lowest BCUT2D eigenvalue weighted by Crippen LogP contribution is -2.01. The van der Waals surface area contributed by atoms with Gasteiger partial charge < -0.3 is 4.74 Å². The lowest BCUT2D eigenvalue weighted by Gasteiger charge is -2.03. The third kappa shape index (κ3) is 3.20. The zero-order valence-electron chi connectivity index (χ0n) is 10.6. The van der Waals surface area contributed by atoms with Gasteiger partial charge in [-0.05, 0) is 34.9 Å². The lowest BCUT2D eigenvalue weighted by atomic mass is 10.1. The average Bonchev–Trinajstić information content (AvgIpc) is 2.36. The Morgan fingerprint density at radius 3 is 2.56 bits per heavy atom. The highest BCUT2D eigenvalue weighted by molar-refractivity contribution is 5.84. The number of carbonyl (C=O) groups is 1. The molecule has 0 aliphatic carbocycles. The van der Waals surface area contributed by atoms with Gasteiger partial charge in [0.1, 0.15) is 6.61 Å². The molecular formula is C16H16O2. The van der Waals surface area contributed by atoms with Crippen LogP contribution in [0.2, 0.25) is 0 Å². The van der Waals surface area contributed by atoms with Crippen molar-refractivity contribution in [2.75, 3.05) is 6.61 Å². The number of ether oxygens (including phenoxy) is 1. The second-order valence-corrected chi connectivity index (χ2v) is 4.38. The van der Waals surface area contributed by atoms with Crippen molar-refractivity contribution in [3.63, 3.8) is 0 Å². The van der Waals surface area contributed by atoms with E-state index in [0.717, 1.165) is 11.1 Å². The molecule has 0 radical (unpaired) electrons. The summed E-state index contributed by atoms with van der Waals surface area (Å²) in [6.45, 7) is 3.73. The summed E-state index contributed by atoms with van der Waals surface area (Å²) < 4.78 is 4.96. The minimum absolute atomic E-state index is 0.249. The Kier molecular flexibility index (Phi) is 3.78. The summed E-state index contributed by atoms with van der Waals surface area (Å²) in [6, 6.07) is 14.5. The predicted molar refractivity (Wildman–Crippen MR) is 74.2 cm³/mol. The number of benzene rings is 2. The summed E-state index contributed by atoms with van der Waals surface area (Å²) >= 11 is 0. The van der Waals surface area contributed by atoms with Crippen LogP contribution in [0, 0.1) is 0 Å². The topological polar surface area (TPSA) is 26.3 Å². The van der Waals surface area contributed by atoms with Gasteiger partial charge in [0.2, 0.25) is 0 Å². The maximum Gasteiger partial charge on any atom is 0.302 e. The molecule has 0 N–H and O–H groups in total. The van der Waals surface area contributed by atoms with Gasteiger partial charge in [0.25, 0.3) is 0 Å². The monoisotopic (exact) mass is 240 g/mol.